The van der Waals surface area contributed by atoms with E-state index in [1.807, 2.05) is 38.1 Å². The number of aryl methyl sites for hydroxylation is 1. The van der Waals surface area contributed by atoms with Gasteiger partial charge >= 0.3 is 0 Å². The maximum atomic E-state index is 11.5. The SMILES string of the molecule is Cc1cc(OCC[C@]23CC[C@](C)(O2)c2c3c(O)n(-c3ccc(C#N)c4ccccc34)c2O)nc(N)n1. The summed E-state index contributed by atoms with van der Waals surface area (Å²) in [6.07, 6.45) is 1.82. The van der Waals surface area contributed by atoms with Crippen LogP contribution in [0.5, 0.6) is 17.6 Å². The minimum atomic E-state index is -0.813. The average Bonchev–Trinajstić information content (AvgIpc) is 3.42. The standard InChI is InChI=1S/C27H25N5O4/c1-15-13-20(31-25(29)30-15)35-12-11-27-10-9-26(2,36-27)21-22(27)24(34)32(23(21)33)19-8-7-16(14-28)17-5-3-4-6-18(17)19/h3-8,13,33-34H,9-12H2,1-2H3,(H2,29,30,31)/t26-,27-/m0/s1. The number of hydrogen-bond acceptors (Lipinski definition) is 8. The Morgan fingerprint density at radius 1 is 1.11 bits per heavy atom. The maximum Gasteiger partial charge on any atom is 0.223 e. The Kier molecular flexibility index (Phi) is 4.69. The number of ether oxygens (including phenoxy) is 2. The number of benzene rings is 2. The first-order valence-corrected chi connectivity index (χ1v) is 11.8. The van der Waals surface area contributed by atoms with Crippen LogP contribution in [-0.2, 0) is 15.9 Å². The van der Waals surface area contributed by atoms with E-state index < -0.39 is 11.2 Å². The van der Waals surface area contributed by atoms with Crippen molar-refractivity contribution in [2.45, 2.75) is 44.3 Å². The number of hydrogen-bond donors (Lipinski definition) is 3. The first-order valence-electron chi connectivity index (χ1n) is 11.8. The molecule has 1 fully saturated rings. The monoisotopic (exact) mass is 483 g/mol. The molecule has 2 bridgehead atoms. The van der Waals surface area contributed by atoms with Crippen LogP contribution < -0.4 is 10.5 Å². The largest absolute Gasteiger partial charge is 0.494 e. The third-order valence-electron chi connectivity index (χ3n) is 7.40. The van der Waals surface area contributed by atoms with Crippen molar-refractivity contribution in [3.8, 4) is 29.4 Å². The maximum absolute atomic E-state index is 11.5. The van der Waals surface area contributed by atoms with Crippen LogP contribution in [0.15, 0.2) is 42.5 Å². The Bertz CT molecular complexity index is 1570. The number of nitrogens with two attached hydrogens (primary N) is 1. The second-order valence-corrected chi connectivity index (χ2v) is 9.65. The zero-order valence-corrected chi connectivity index (χ0v) is 19.9. The van der Waals surface area contributed by atoms with Crippen LogP contribution in [-0.4, -0.2) is 31.4 Å². The fraction of sp³-hybridized carbons (Fsp3) is 0.296. The lowest BCUT2D eigenvalue weighted by atomic mass is 9.78. The fourth-order valence-corrected chi connectivity index (χ4v) is 5.87. The zero-order valence-electron chi connectivity index (χ0n) is 19.9. The van der Waals surface area contributed by atoms with Crippen molar-refractivity contribution in [1.82, 2.24) is 14.5 Å². The fourth-order valence-electron chi connectivity index (χ4n) is 5.87. The Morgan fingerprint density at radius 2 is 1.86 bits per heavy atom. The van der Waals surface area contributed by atoms with E-state index in [1.165, 1.54) is 4.57 Å². The Hall–Kier alpha value is -4.29. The third-order valence-corrected chi connectivity index (χ3v) is 7.40. The van der Waals surface area contributed by atoms with E-state index >= 15 is 0 Å². The minimum absolute atomic E-state index is 0.0541. The van der Waals surface area contributed by atoms with Crippen LogP contribution >= 0.6 is 0 Å². The normalized spacial score (nSPS) is 22.0. The first kappa shape index (κ1) is 22.2. The summed E-state index contributed by atoms with van der Waals surface area (Å²) in [5.41, 5.74) is 7.20. The van der Waals surface area contributed by atoms with Crippen LogP contribution in [0.1, 0.15) is 48.6 Å². The lowest BCUT2D eigenvalue weighted by Gasteiger charge is -2.26. The predicted octanol–water partition coefficient (Wildman–Crippen LogP) is 4.30. The average molecular weight is 484 g/mol. The number of aromatic hydroxyl groups is 2. The highest BCUT2D eigenvalue weighted by Gasteiger charge is 2.61. The lowest BCUT2D eigenvalue weighted by molar-refractivity contribution is -0.0877. The van der Waals surface area contributed by atoms with Gasteiger partial charge in [0.2, 0.25) is 23.6 Å². The van der Waals surface area contributed by atoms with E-state index in [0.29, 0.717) is 53.2 Å². The second-order valence-electron chi connectivity index (χ2n) is 9.65. The molecule has 2 aromatic carbocycles. The van der Waals surface area contributed by atoms with Gasteiger partial charge in [0.25, 0.3) is 0 Å². The van der Waals surface area contributed by atoms with Crippen LogP contribution in [0.25, 0.3) is 16.5 Å². The molecule has 0 unspecified atom stereocenters. The first-order chi connectivity index (χ1) is 17.3. The molecule has 0 saturated carbocycles. The summed E-state index contributed by atoms with van der Waals surface area (Å²) in [5.74, 6) is 0.402. The number of rotatable bonds is 5. The molecule has 4 heterocycles. The van der Waals surface area contributed by atoms with Crippen molar-refractivity contribution < 1.29 is 19.7 Å². The van der Waals surface area contributed by atoms with Gasteiger partial charge in [-0.2, -0.15) is 10.2 Å². The van der Waals surface area contributed by atoms with Crippen molar-refractivity contribution in [3.05, 3.63) is 64.8 Å². The van der Waals surface area contributed by atoms with Gasteiger partial charge in [0, 0.05) is 29.0 Å². The van der Waals surface area contributed by atoms with Gasteiger partial charge in [0.15, 0.2) is 0 Å². The van der Waals surface area contributed by atoms with E-state index in [0.717, 1.165) is 10.8 Å². The Balaban J connectivity index is 1.42. The van der Waals surface area contributed by atoms with Gasteiger partial charge in [0.1, 0.15) is 5.60 Å². The number of nitrogen functional groups attached to an aromatic ring is 1. The predicted molar refractivity (Wildman–Crippen MR) is 132 cm³/mol. The molecule has 9 heteroatoms. The van der Waals surface area contributed by atoms with Gasteiger partial charge in [-0.25, -0.2) is 4.98 Å². The van der Waals surface area contributed by atoms with Crippen molar-refractivity contribution in [3.63, 3.8) is 0 Å². The van der Waals surface area contributed by atoms with E-state index in [2.05, 4.69) is 16.0 Å². The molecule has 2 aromatic heterocycles. The smallest absolute Gasteiger partial charge is 0.223 e. The number of fused-ring (bicyclic) bond motifs is 6. The third kappa shape index (κ3) is 3.04. The molecule has 0 aliphatic carbocycles. The number of nitriles is 1. The molecule has 2 atom stereocenters. The van der Waals surface area contributed by atoms with Crippen molar-refractivity contribution >= 4 is 16.7 Å². The van der Waals surface area contributed by atoms with Crippen LogP contribution in [0.3, 0.4) is 0 Å². The molecule has 0 amide bonds. The van der Waals surface area contributed by atoms with Crippen LogP contribution in [0.2, 0.25) is 0 Å². The Morgan fingerprint density at radius 3 is 2.61 bits per heavy atom. The molecule has 0 radical (unpaired) electrons. The highest BCUT2D eigenvalue weighted by molar-refractivity contribution is 5.95. The van der Waals surface area contributed by atoms with E-state index in [-0.39, 0.29) is 24.3 Å². The molecule has 4 N–H and O–H groups in total. The molecular weight excluding hydrogens is 458 g/mol. The molecule has 36 heavy (non-hydrogen) atoms. The summed E-state index contributed by atoms with van der Waals surface area (Å²) >= 11 is 0. The molecular formula is C27H25N5O4. The highest BCUT2D eigenvalue weighted by atomic mass is 16.5. The summed E-state index contributed by atoms with van der Waals surface area (Å²) < 4.78 is 13.8. The summed E-state index contributed by atoms with van der Waals surface area (Å²) in [6.45, 7) is 4.03. The van der Waals surface area contributed by atoms with E-state index in [1.54, 1.807) is 18.2 Å². The summed E-state index contributed by atoms with van der Waals surface area (Å²) in [5, 5.41) is 34.0. The van der Waals surface area contributed by atoms with Gasteiger partial charge < -0.3 is 25.4 Å². The van der Waals surface area contributed by atoms with Gasteiger partial charge in [-0.3, -0.25) is 4.57 Å². The molecule has 2 aliphatic rings. The number of anilines is 1. The van der Waals surface area contributed by atoms with Gasteiger partial charge in [0.05, 0.1) is 40.7 Å². The molecule has 4 aromatic rings. The summed E-state index contributed by atoms with van der Waals surface area (Å²) in [4.78, 5) is 8.18. The van der Waals surface area contributed by atoms with Gasteiger partial charge in [-0.05, 0) is 38.8 Å². The van der Waals surface area contributed by atoms with Crippen molar-refractivity contribution in [2.24, 2.45) is 0 Å². The van der Waals surface area contributed by atoms with E-state index in [4.69, 9.17) is 15.2 Å². The topological polar surface area (TPSA) is 139 Å². The van der Waals surface area contributed by atoms with Crippen LogP contribution in [0, 0.1) is 18.3 Å². The minimum Gasteiger partial charge on any atom is -0.494 e. The molecule has 1 saturated heterocycles. The number of nitrogens with zero attached hydrogens (tertiary/aromatic N) is 4. The highest BCUT2D eigenvalue weighted by Crippen LogP contribution is 2.65. The van der Waals surface area contributed by atoms with E-state index in [9.17, 15) is 15.5 Å². The molecule has 0 spiro atoms. The molecule has 2 aliphatic heterocycles. The second kappa shape index (κ2) is 7.60. The lowest BCUT2D eigenvalue weighted by Crippen LogP contribution is -2.25. The molecule has 6 rings (SSSR count). The van der Waals surface area contributed by atoms with Crippen LogP contribution in [0.4, 0.5) is 5.95 Å². The summed E-state index contributed by atoms with van der Waals surface area (Å²) in [6, 6.07) is 14.8. The van der Waals surface area contributed by atoms with Crippen molar-refractivity contribution in [2.75, 3.05) is 12.3 Å². The van der Waals surface area contributed by atoms with Gasteiger partial charge in [-0.1, -0.05) is 24.3 Å². The summed E-state index contributed by atoms with van der Waals surface area (Å²) in [7, 11) is 0. The zero-order chi connectivity index (χ0) is 25.2. The molecule has 182 valence electrons. The molecule has 9 nitrogen and oxygen atoms in total. The van der Waals surface area contributed by atoms with Crippen molar-refractivity contribution in [1.29, 1.82) is 5.26 Å². The Labute approximate surface area is 207 Å². The van der Waals surface area contributed by atoms with Gasteiger partial charge in [-0.15, -0.1) is 0 Å². The quantitative estimate of drug-likeness (QED) is 0.382. The number of aromatic nitrogens is 3.